The highest BCUT2D eigenvalue weighted by molar-refractivity contribution is 5.92. The van der Waals surface area contributed by atoms with Crippen molar-refractivity contribution in [3.8, 4) is 0 Å². The van der Waals surface area contributed by atoms with Crippen molar-refractivity contribution in [2.45, 2.75) is 31.0 Å². The van der Waals surface area contributed by atoms with E-state index in [-0.39, 0.29) is 24.2 Å². The van der Waals surface area contributed by atoms with Gasteiger partial charge in [-0.25, -0.2) is 14.4 Å². The summed E-state index contributed by atoms with van der Waals surface area (Å²) in [5.41, 5.74) is 1.26. The second kappa shape index (κ2) is 12.1. The Morgan fingerprint density at radius 3 is 1.86 bits per heavy atom. The summed E-state index contributed by atoms with van der Waals surface area (Å²) >= 11 is 0. The van der Waals surface area contributed by atoms with E-state index in [9.17, 15) is 14.4 Å². The number of methoxy groups -OCH3 is 1. The molecule has 8 heteroatoms. The van der Waals surface area contributed by atoms with Gasteiger partial charge in [-0.05, 0) is 24.3 Å². The maximum atomic E-state index is 13.0. The Hall–Kier alpha value is -4.01. The van der Waals surface area contributed by atoms with Crippen molar-refractivity contribution in [2.24, 2.45) is 0 Å². The van der Waals surface area contributed by atoms with Crippen LogP contribution in [0.4, 0.5) is 0 Å². The van der Waals surface area contributed by atoms with Gasteiger partial charge in [-0.15, -0.1) is 0 Å². The predicted molar refractivity (Wildman–Crippen MR) is 128 cm³/mol. The van der Waals surface area contributed by atoms with Crippen LogP contribution in [-0.2, 0) is 28.5 Å². The van der Waals surface area contributed by atoms with E-state index in [0.717, 1.165) is 5.56 Å². The SMILES string of the molecule is COC(=O)[C@H](OC(=O)c1ccccc1)[C@@H](OC(=O)c1ccccc1)[C@H]1CCO[C@@H](c2ccccc2)O1. The van der Waals surface area contributed by atoms with Crippen molar-refractivity contribution >= 4 is 17.9 Å². The highest BCUT2D eigenvalue weighted by atomic mass is 16.7. The van der Waals surface area contributed by atoms with E-state index in [0.29, 0.717) is 0 Å². The summed E-state index contributed by atoms with van der Waals surface area (Å²) in [5, 5.41) is 0. The van der Waals surface area contributed by atoms with Crippen LogP contribution >= 0.6 is 0 Å². The average Bonchev–Trinajstić information content (AvgIpc) is 2.95. The number of esters is 3. The van der Waals surface area contributed by atoms with Gasteiger partial charge in [-0.3, -0.25) is 0 Å². The van der Waals surface area contributed by atoms with Crippen LogP contribution in [0.25, 0.3) is 0 Å². The zero-order chi connectivity index (χ0) is 25.3. The van der Waals surface area contributed by atoms with Gasteiger partial charge in [0.25, 0.3) is 0 Å². The lowest BCUT2D eigenvalue weighted by Gasteiger charge is -2.36. The number of benzene rings is 3. The van der Waals surface area contributed by atoms with E-state index < -0.39 is 42.5 Å². The zero-order valence-corrected chi connectivity index (χ0v) is 19.6. The van der Waals surface area contributed by atoms with Crippen molar-refractivity contribution in [1.29, 1.82) is 0 Å². The minimum absolute atomic E-state index is 0.231. The third-order valence-electron chi connectivity index (χ3n) is 5.64. The molecule has 3 aromatic rings. The van der Waals surface area contributed by atoms with Gasteiger partial charge in [0.2, 0.25) is 6.10 Å². The van der Waals surface area contributed by atoms with E-state index in [1.54, 1.807) is 60.7 Å². The lowest BCUT2D eigenvalue weighted by molar-refractivity contribution is -0.247. The first-order valence-electron chi connectivity index (χ1n) is 11.5. The standard InChI is InChI=1S/C28H26O8/c1-32-27(31)24(36-26(30)20-13-7-3-8-14-20)23(35-25(29)19-11-5-2-6-12-19)22-17-18-33-28(34-22)21-15-9-4-10-16-21/h2-16,22-24,28H,17-18H2,1H3/t22-,23+,24-,28-/m1/s1. The summed E-state index contributed by atoms with van der Waals surface area (Å²) in [6.07, 6.45) is -4.18. The molecule has 8 nitrogen and oxygen atoms in total. The highest BCUT2D eigenvalue weighted by Crippen LogP contribution is 2.31. The Morgan fingerprint density at radius 1 is 0.778 bits per heavy atom. The molecule has 1 saturated heterocycles. The van der Waals surface area contributed by atoms with Gasteiger partial charge in [0.15, 0.2) is 12.4 Å². The molecule has 186 valence electrons. The number of hydrogen-bond donors (Lipinski definition) is 0. The third kappa shape index (κ3) is 6.16. The van der Waals surface area contributed by atoms with Crippen LogP contribution in [0.3, 0.4) is 0 Å². The molecule has 3 aromatic carbocycles. The maximum Gasteiger partial charge on any atom is 0.351 e. The quantitative estimate of drug-likeness (QED) is 0.344. The molecule has 1 aliphatic rings. The first kappa shape index (κ1) is 25.1. The van der Waals surface area contributed by atoms with E-state index in [1.165, 1.54) is 7.11 Å². The molecule has 36 heavy (non-hydrogen) atoms. The fourth-order valence-corrected chi connectivity index (χ4v) is 3.81. The summed E-state index contributed by atoms with van der Waals surface area (Å²) in [6.45, 7) is 0.268. The molecule has 0 radical (unpaired) electrons. The Bertz CT molecular complexity index is 1150. The van der Waals surface area contributed by atoms with Crippen molar-refractivity contribution < 1.29 is 38.1 Å². The molecule has 4 rings (SSSR count). The molecule has 1 heterocycles. The number of ether oxygens (including phenoxy) is 5. The first-order valence-corrected chi connectivity index (χ1v) is 11.5. The molecule has 1 fully saturated rings. The zero-order valence-electron chi connectivity index (χ0n) is 19.6. The van der Waals surface area contributed by atoms with Gasteiger partial charge in [0.05, 0.1) is 24.8 Å². The normalized spacial score (nSPS) is 18.9. The van der Waals surface area contributed by atoms with E-state index >= 15 is 0 Å². The van der Waals surface area contributed by atoms with Crippen molar-refractivity contribution in [3.05, 3.63) is 108 Å². The maximum absolute atomic E-state index is 13.0. The van der Waals surface area contributed by atoms with E-state index in [4.69, 9.17) is 23.7 Å². The van der Waals surface area contributed by atoms with Crippen LogP contribution < -0.4 is 0 Å². The number of rotatable bonds is 8. The Morgan fingerprint density at radius 2 is 1.31 bits per heavy atom. The lowest BCUT2D eigenvalue weighted by atomic mass is 10.0. The summed E-state index contributed by atoms with van der Waals surface area (Å²) in [7, 11) is 1.17. The van der Waals surface area contributed by atoms with Gasteiger partial charge >= 0.3 is 17.9 Å². The minimum atomic E-state index is -1.57. The van der Waals surface area contributed by atoms with Gasteiger partial charge in [-0.1, -0.05) is 66.7 Å². The highest BCUT2D eigenvalue weighted by Gasteiger charge is 2.44. The van der Waals surface area contributed by atoms with Gasteiger partial charge in [-0.2, -0.15) is 0 Å². The molecule has 4 atom stereocenters. The van der Waals surface area contributed by atoms with Crippen LogP contribution in [0, 0.1) is 0 Å². The van der Waals surface area contributed by atoms with Crippen LogP contribution in [-0.4, -0.2) is 49.9 Å². The molecule has 0 saturated carbocycles. The fraction of sp³-hybridized carbons (Fsp3) is 0.250. The summed E-state index contributed by atoms with van der Waals surface area (Å²) < 4.78 is 28.2. The van der Waals surface area contributed by atoms with E-state index in [1.807, 2.05) is 30.3 Å². The van der Waals surface area contributed by atoms with Crippen LogP contribution in [0.1, 0.15) is 39.0 Å². The van der Waals surface area contributed by atoms with Gasteiger partial charge < -0.3 is 23.7 Å². The predicted octanol–water partition coefficient (Wildman–Crippen LogP) is 4.11. The van der Waals surface area contributed by atoms with Crippen LogP contribution in [0.2, 0.25) is 0 Å². The molecule has 0 N–H and O–H groups in total. The smallest absolute Gasteiger partial charge is 0.351 e. The summed E-state index contributed by atoms with van der Waals surface area (Å²) in [4.78, 5) is 38.7. The van der Waals surface area contributed by atoms with Crippen molar-refractivity contribution in [2.75, 3.05) is 13.7 Å². The molecule has 1 aliphatic heterocycles. The first-order chi connectivity index (χ1) is 17.6. The number of carbonyl (C=O) groups is 3. The molecular weight excluding hydrogens is 464 g/mol. The summed E-state index contributed by atoms with van der Waals surface area (Å²) in [5.74, 6) is -2.34. The molecule has 0 bridgehead atoms. The lowest BCUT2D eigenvalue weighted by Crippen LogP contribution is -2.51. The average molecular weight is 491 g/mol. The Kier molecular flexibility index (Phi) is 8.44. The molecule has 0 aliphatic carbocycles. The summed E-state index contributed by atoms with van der Waals surface area (Å²) in [6, 6.07) is 25.7. The molecule has 0 unspecified atom stereocenters. The second-order valence-electron chi connectivity index (χ2n) is 8.03. The van der Waals surface area contributed by atoms with Crippen LogP contribution in [0.5, 0.6) is 0 Å². The minimum Gasteiger partial charge on any atom is -0.466 e. The number of hydrogen-bond acceptors (Lipinski definition) is 8. The Balaban J connectivity index is 1.64. The van der Waals surface area contributed by atoms with Gasteiger partial charge in [0.1, 0.15) is 6.10 Å². The third-order valence-corrected chi connectivity index (χ3v) is 5.64. The van der Waals surface area contributed by atoms with E-state index in [2.05, 4.69) is 0 Å². The molecular formula is C28H26O8. The largest absolute Gasteiger partial charge is 0.466 e. The van der Waals surface area contributed by atoms with Crippen LogP contribution in [0.15, 0.2) is 91.0 Å². The van der Waals surface area contributed by atoms with Gasteiger partial charge in [0, 0.05) is 12.0 Å². The van der Waals surface area contributed by atoms with Crippen molar-refractivity contribution in [3.63, 3.8) is 0 Å². The molecule has 0 aromatic heterocycles. The topological polar surface area (TPSA) is 97.4 Å². The molecule has 0 amide bonds. The van der Waals surface area contributed by atoms with Crippen molar-refractivity contribution in [1.82, 2.24) is 0 Å². The second-order valence-corrected chi connectivity index (χ2v) is 8.03. The molecule has 0 spiro atoms. The Labute approximate surface area is 208 Å². The monoisotopic (exact) mass is 490 g/mol. The number of carbonyl (C=O) groups excluding carboxylic acids is 3. The fourth-order valence-electron chi connectivity index (χ4n) is 3.81.